The quantitative estimate of drug-likeness (QED) is 0.287. The minimum atomic E-state index is -0.558. The Morgan fingerprint density at radius 2 is 2.03 bits per heavy atom. The van der Waals surface area contributed by atoms with Crippen LogP contribution >= 0.6 is 11.3 Å². The molecule has 0 radical (unpaired) electrons. The molecular formula is C26H26N6O3S. The van der Waals surface area contributed by atoms with E-state index in [0.29, 0.717) is 21.9 Å². The Morgan fingerprint density at radius 3 is 2.78 bits per heavy atom. The molecule has 184 valence electrons. The van der Waals surface area contributed by atoms with Crippen LogP contribution in [0.15, 0.2) is 41.8 Å². The van der Waals surface area contributed by atoms with Crippen LogP contribution in [-0.4, -0.2) is 32.8 Å². The number of carbonyl (C=O) groups excluding carboxylic acids is 2. The van der Waals surface area contributed by atoms with Crippen molar-refractivity contribution in [3.63, 3.8) is 0 Å². The summed E-state index contributed by atoms with van der Waals surface area (Å²) in [5.41, 5.74) is 2.69. The molecule has 2 amide bonds. The van der Waals surface area contributed by atoms with Gasteiger partial charge in [0, 0.05) is 24.7 Å². The second-order valence-electron chi connectivity index (χ2n) is 8.79. The highest BCUT2D eigenvalue weighted by atomic mass is 32.1. The summed E-state index contributed by atoms with van der Waals surface area (Å²) in [7, 11) is 1.57. The van der Waals surface area contributed by atoms with Gasteiger partial charge in [0.1, 0.15) is 21.8 Å². The summed E-state index contributed by atoms with van der Waals surface area (Å²) < 4.78 is 2.95. The van der Waals surface area contributed by atoms with Crippen molar-refractivity contribution in [3.05, 3.63) is 80.0 Å². The maximum atomic E-state index is 13.5. The monoisotopic (exact) mass is 502 g/mol. The van der Waals surface area contributed by atoms with E-state index in [2.05, 4.69) is 22.2 Å². The minimum absolute atomic E-state index is 0.0186. The Hall–Kier alpha value is -4.05. The van der Waals surface area contributed by atoms with Gasteiger partial charge in [-0.25, -0.2) is 4.98 Å². The normalized spacial score (nSPS) is 12.9. The van der Waals surface area contributed by atoms with E-state index in [0.717, 1.165) is 41.7 Å². The molecular weight excluding hydrogens is 476 g/mol. The summed E-state index contributed by atoms with van der Waals surface area (Å²) in [6.07, 6.45) is 6.93. The van der Waals surface area contributed by atoms with Gasteiger partial charge in [-0.15, -0.1) is 17.9 Å². The van der Waals surface area contributed by atoms with Crippen LogP contribution in [0.25, 0.3) is 16.7 Å². The standard InChI is InChI=1S/C26H26N6O3S/c1-4-11-31-20(27)16(13-17-22(31)29-21-14(2)8-7-12-32(21)26(17)35)23(33)30-25-19(24(34)28-3)15-9-5-6-10-18(15)36-25/h4,7-8,12-13,27H,1,5-6,9-11H2,2-3H3,(H,28,34)(H,30,33). The largest absolute Gasteiger partial charge is 0.355 e. The second-order valence-corrected chi connectivity index (χ2v) is 9.90. The zero-order valence-corrected chi connectivity index (χ0v) is 20.9. The predicted molar refractivity (Wildman–Crippen MR) is 140 cm³/mol. The van der Waals surface area contributed by atoms with Crippen molar-refractivity contribution in [1.82, 2.24) is 19.3 Å². The number of aryl methyl sites for hydroxylation is 2. The molecule has 1 aliphatic rings. The summed E-state index contributed by atoms with van der Waals surface area (Å²) in [5, 5.41) is 15.0. The Kier molecular flexibility index (Phi) is 6.05. The van der Waals surface area contributed by atoms with Crippen molar-refractivity contribution in [1.29, 1.82) is 5.41 Å². The van der Waals surface area contributed by atoms with Crippen LogP contribution in [-0.2, 0) is 19.4 Å². The van der Waals surface area contributed by atoms with Crippen LogP contribution < -0.4 is 21.7 Å². The zero-order valence-electron chi connectivity index (χ0n) is 20.1. The molecule has 4 heterocycles. The van der Waals surface area contributed by atoms with E-state index in [1.165, 1.54) is 26.4 Å². The number of hydrogen-bond acceptors (Lipinski definition) is 6. The summed E-state index contributed by atoms with van der Waals surface area (Å²) in [4.78, 5) is 45.4. The molecule has 0 unspecified atom stereocenters. The number of rotatable bonds is 5. The Balaban J connectivity index is 1.68. The molecule has 0 bridgehead atoms. The van der Waals surface area contributed by atoms with Gasteiger partial charge in [0.2, 0.25) is 0 Å². The van der Waals surface area contributed by atoms with Gasteiger partial charge in [0.05, 0.1) is 16.5 Å². The number of fused-ring (bicyclic) bond motifs is 3. The molecule has 1 aliphatic carbocycles. The first-order chi connectivity index (χ1) is 17.3. The fraction of sp³-hybridized carbons (Fsp3) is 0.269. The molecule has 0 saturated heterocycles. The van der Waals surface area contributed by atoms with Crippen molar-refractivity contribution in [3.8, 4) is 0 Å². The van der Waals surface area contributed by atoms with Crippen molar-refractivity contribution < 1.29 is 9.59 Å². The van der Waals surface area contributed by atoms with E-state index in [-0.39, 0.29) is 34.4 Å². The van der Waals surface area contributed by atoms with Gasteiger partial charge >= 0.3 is 0 Å². The van der Waals surface area contributed by atoms with Gasteiger partial charge in [0.15, 0.2) is 0 Å². The average molecular weight is 503 g/mol. The fourth-order valence-corrected chi connectivity index (χ4v) is 6.05. The molecule has 0 aromatic carbocycles. The summed E-state index contributed by atoms with van der Waals surface area (Å²) in [6.45, 7) is 5.82. The Labute approximate surface area is 210 Å². The lowest BCUT2D eigenvalue weighted by Gasteiger charge is -2.14. The second kappa shape index (κ2) is 9.19. The third-order valence-corrected chi connectivity index (χ3v) is 7.75. The first-order valence-electron chi connectivity index (χ1n) is 11.7. The molecule has 3 N–H and O–H groups in total. The van der Waals surface area contributed by atoms with E-state index in [9.17, 15) is 14.4 Å². The third kappa shape index (κ3) is 3.74. The number of allylic oxidation sites excluding steroid dienone is 1. The van der Waals surface area contributed by atoms with E-state index in [1.807, 2.05) is 13.0 Å². The van der Waals surface area contributed by atoms with E-state index in [4.69, 9.17) is 5.41 Å². The van der Waals surface area contributed by atoms with Gasteiger partial charge < -0.3 is 15.2 Å². The number of carbonyl (C=O) groups is 2. The average Bonchev–Trinajstić information content (AvgIpc) is 3.23. The lowest BCUT2D eigenvalue weighted by atomic mass is 9.95. The van der Waals surface area contributed by atoms with Gasteiger partial charge in [-0.1, -0.05) is 12.1 Å². The molecule has 36 heavy (non-hydrogen) atoms. The van der Waals surface area contributed by atoms with Gasteiger partial charge in [-0.05, 0) is 55.9 Å². The number of nitrogens with one attached hydrogen (secondary N) is 3. The Bertz CT molecular complexity index is 1690. The lowest BCUT2D eigenvalue weighted by Crippen LogP contribution is -2.32. The van der Waals surface area contributed by atoms with E-state index in [1.54, 1.807) is 25.4 Å². The van der Waals surface area contributed by atoms with Crippen LogP contribution in [0.2, 0.25) is 0 Å². The first kappa shape index (κ1) is 23.7. The molecule has 0 spiro atoms. The molecule has 9 nitrogen and oxygen atoms in total. The highest BCUT2D eigenvalue weighted by Gasteiger charge is 2.27. The number of aromatic nitrogens is 3. The molecule has 0 atom stereocenters. The highest BCUT2D eigenvalue weighted by Crippen LogP contribution is 2.38. The SMILES string of the molecule is C=CCn1c(=N)c(C(=O)Nc2sc3c(c2C(=O)NC)CCCC3)cc2c(=O)n3cccc(C)c3nc21. The predicted octanol–water partition coefficient (Wildman–Crippen LogP) is 3.18. The number of hydrogen-bond donors (Lipinski definition) is 3. The smallest absolute Gasteiger partial charge is 0.267 e. The highest BCUT2D eigenvalue weighted by molar-refractivity contribution is 7.17. The van der Waals surface area contributed by atoms with Crippen LogP contribution in [0.5, 0.6) is 0 Å². The molecule has 10 heteroatoms. The molecule has 4 aromatic heterocycles. The molecule has 0 aliphatic heterocycles. The number of thiophene rings is 1. The van der Waals surface area contributed by atoms with Crippen LogP contribution in [0.4, 0.5) is 5.00 Å². The maximum Gasteiger partial charge on any atom is 0.267 e. The lowest BCUT2D eigenvalue weighted by molar-refractivity contribution is 0.0963. The van der Waals surface area contributed by atoms with Crippen LogP contribution in [0, 0.1) is 12.3 Å². The van der Waals surface area contributed by atoms with Gasteiger partial charge in [-0.3, -0.25) is 24.2 Å². The third-order valence-electron chi connectivity index (χ3n) is 6.54. The number of nitrogens with zero attached hydrogens (tertiary/aromatic N) is 3. The summed E-state index contributed by atoms with van der Waals surface area (Å²) >= 11 is 1.40. The van der Waals surface area contributed by atoms with Crippen molar-refractivity contribution in [2.24, 2.45) is 0 Å². The topological polar surface area (TPSA) is 121 Å². The fourth-order valence-electron chi connectivity index (χ4n) is 4.77. The minimum Gasteiger partial charge on any atom is -0.355 e. The van der Waals surface area contributed by atoms with Crippen molar-refractivity contribution >= 4 is 44.8 Å². The summed E-state index contributed by atoms with van der Waals surface area (Å²) in [6, 6.07) is 5.05. The van der Waals surface area contributed by atoms with Crippen LogP contribution in [0.1, 0.15) is 49.6 Å². The number of pyridine rings is 2. The number of anilines is 1. The van der Waals surface area contributed by atoms with Crippen LogP contribution in [0.3, 0.4) is 0 Å². The van der Waals surface area contributed by atoms with Crippen molar-refractivity contribution in [2.75, 3.05) is 12.4 Å². The van der Waals surface area contributed by atoms with Crippen molar-refractivity contribution in [2.45, 2.75) is 39.2 Å². The van der Waals surface area contributed by atoms with Gasteiger partial charge in [-0.2, -0.15) is 0 Å². The summed E-state index contributed by atoms with van der Waals surface area (Å²) in [5.74, 6) is -0.808. The zero-order chi connectivity index (χ0) is 25.6. The first-order valence-corrected chi connectivity index (χ1v) is 12.6. The van der Waals surface area contributed by atoms with E-state index >= 15 is 0 Å². The molecule has 5 rings (SSSR count). The molecule has 4 aromatic rings. The van der Waals surface area contributed by atoms with Gasteiger partial charge in [0.25, 0.3) is 17.4 Å². The number of amides is 2. The molecule has 0 fully saturated rings. The molecule has 0 saturated carbocycles. The van der Waals surface area contributed by atoms with E-state index < -0.39 is 5.91 Å². The maximum absolute atomic E-state index is 13.5. The Morgan fingerprint density at radius 1 is 1.25 bits per heavy atom.